The molecule has 1 saturated carbocycles. The van der Waals surface area contributed by atoms with Crippen molar-refractivity contribution in [2.75, 3.05) is 0 Å². The number of nitrogens with zero attached hydrogens (tertiary/aromatic N) is 1. The minimum Gasteiger partial charge on any atom is -0.323 e. The molecule has 1 aliphatic heterocycles. The zero-order valence-electron chi connectivity index (χ0n) is 12.1. The molecule has 0 bridgehead atoms. The Bertz CT molecular complexity index is 292. The van der Waals surface area contributed by atoms with Gasteiger partial charge in [0.2, 0.25) is 5.91 Å². The molecule has 1 amide bonds. The average molecular weight is 252 g/mol. The standard InChI is InChI=1S/C15H28N2O/c1-4-6-14-16-12(3)15(18)17(14)13-8-5-7-11(2)9-10-13/h11-14,16H,4-10H2,1-3H3. The SMILES string of the molecule is CCCC1NC(C)C(=O)N1C1CCCC(C)CC1. The Hall–Kier alpha value is -0.570. The van der Waals surface area contributed by atoms with Crippen molar-refractivity contribution in [1.29, 1.82) is 0 Å². The minimum absolute atomic E-state index is 0.0160. The first-order valence-corrected chi connectivity index (χ1v) is 7.71. The van der Waals surface area contributed by atoms with Gasteiger partial charge in [0.15, 0.2) is 0 Å². The van der Waals surface area contributed by atoms with E-state index >= 15 is 0 Å². The van der Waals surface area contributed by atoms with E-state index < -0.39 is 0 Å². The Morgan fingerprint density at radius 2 is 2.00 bits per heavy atom. The molecule has 0 aromatic heterocycles. The summed E-state index contributed by atoms with van der Waals surface area (Å²) in [5.74, 6) is 1.16. The molecule has 18 heavy (non-hydrogen) atoms. The molecular weight excluding hydrogens is 224 g/mol. The van der Waals surface area contributed by atoms with Crippen LogP contribution in [0.4, 0.5) is 0 Å². The molecule has 4 unspecified atom stereocenters. The van der Waals surface area contributed by atoms with Crippen molar-refractivity contribution >= 4 is 5.91 Å². The summed E-state index contributed by atoms with van der Waals surface area (Å²) in [5.41, 5.74) is 0. The summed E-state index contributed by atoms with van der Waals surface area (Å²) in [6.07, 6.45) is 8.80. The van der Waals surface area contributed by atoms with E-state index in [0.717, 1.165) is 18.8 Å². The van der Waals surface area contributed by atoms with Gasteiger partial charge in [-0.25, -0.2) is 0 Å². The molecule has 4 atom stereocenters. The molecule has 1 heterocycles. The molecule has 1 saturated heterocycles. The summed E-state index contributed by atoms with van der Waals surface area (Å²) in [7, 11) is 0. The fraction of sp³-hybridized carbons (Fsp3) is 0.933. The van der Waals surface area contributed by atoms with E-state index in [4.69, 9.17) is 0 Å². The summed E-state index contributed by atoms with van der Waals surface area (Å²) in [4.78, 5) is 14.5. The van der Waals surface area contributed by atoms with Crippen LogP contribution in [0, 0.1) is 5.92 Å². The van der Waals surface area contributed by atoms with Crippen LogP contribution in [0.1, 0.15) is 65.7 Å². The van der Waals surface area contributed by atoms with Crippen molar-refractivity contribution < 1.29 is 4.79 Å². The van der Waals surface area contributed by atoms with E-state index in [1.54, 1.807) is 0 Å². The molecule has 2 fully saturated rings. The van der Waals surface area contributed by atoms with Crippen LogP contribution < -0.4 is 5.32 Å². The quantitative estimate of drug-likeness (QED) is 0.783. The van der Waals surface area contributed by atoms with E-state index in [1.807, 2.05) is 6.92 Å². The van der Waals surface area contributed by atoms with Crippen LogP contribution in [0.3, 0.4) is 0 Å². The highest BCUT2D eigenvalue weighted by molar-refractivity contribution is 5.84. The predicted molar refractivity (Wildman–Crippen MR) is 74.2 cm³/mol. The Labute approximate surface area is 111 Å². The maximum absolute atomic E-state index is 12.3. The molecule has 3 nitrogen and oxygen atoms in total. The Morgan fingerprint density at radius 3 is 2.72 bits per heavy atom. The van der Waals surface area contributed by atoms with Gasteiger partial charge in [-0.3, -0.25) is 10.1 Å². The zero-order chi connectivity index (χ0) is 13.1. The molecule has 2 rings (SSSR count). The van der Waals surface area contributed by atoms with Crippen LogP contribution in [-0.2, 0) is 4.79 Å². The van der Waals surface area contributed by atoms with Crippen molar-refractivity contribution in [2.45, 2.75) is 84.0 Å². The molecule has 0 aromatic rings. The first kappa shape index (κ1) is 13.9. The fourth-order valence-corrected chi connectivity index (χ4v) is 3.49. The molecule has 104 valence electrons. The van der Waals surface area contributed by atoms with E-state index in [1.165, 1.54) is 32.1 Å². The average Bonchev–Trinajstić information content (AvgIpc) is 2.52. The van der Waals surface area contributed by atoms with Gasteiger partial charge in [-0.1, -0.05) is 33.1 Å². The summed E-state index contributed by atoms with van der Waals surface area (Å²) in [6.45, 7) is 6.55. The van der Waals surface area contributed by atoms with E-state index in [9.17, 15) is 4.79 Å². The van der Waals surface area contributed by atoms with Gasteiger partial charge in [0.05, 0.1) is 12.2 Å². The van der Waals surface area contributed by atoms with Crippen LogP contribution in [0.2, 0.25) is 0 Å². The Kier molecular flexibility index (Phi) is 4.66. The zero-order valence-corrected chi connectivity index (χ0v) is 12.1. The van der Waals surface area contributed by atoms with Gasteiger partial charge in [-0.15, -0.1) is 0 Å². The van der Waals surface area contributed by atoms with Crippen LogP contribution >= 0.6 is 0 Å². The number of carbonyl (C=O) groups excluding carboxylic acids is 1. The third-order valence-electron chi connectivity index (χ3n) is 4.59. The number of carbonyl (C=O) groups is 1. The molecule has 1 N–H and O–H groups in total. The molecule has 3 heteroatoms. The second-order valence-electron chi connectivity index (χ2n) is 6.21. The third kappa shape index (κ3) is 2.87. The van der Waals surface area contributed by atoms with Gasteiger partial charge >= 0.3 is 0 Å². The van der Waals surface area contributed by atoms with Gasteiger partial charge in [-0.05, 0) is 38.5 Å². The molecule has 0 radical (unpaired) electrons. The number of nitrogens with one attached hydrogen (secondary N) is 1. The fourth-order valence-electron chi connectivity index (χ4n) is 3.49. The monoisotopic (exact) mass is 252 g/mol. The highest BCUT2D eigenvalue weighted by Gasteiger charge is 2.39. The first-order chi connectivity index (χ1) is 8.63. The molecule has 1 aliphatic carbocycles. The van der Waals surface area contributed by atoms with Gasteiger partial charge in [0, 0.05) is 6.04 Å². The minimum atomic E-state index is 0.0160. The van der Waals surface area contributed by atoms with Crippen LogP contribution in [-0.4, -0.2) is 29.1 Å². The number of amides is 1. The lowest BCUT2D eigenvalue weighted by Gasteiger charge is -2.32. The maximum Gasteiger partial charge on any atom is 0.240 e. The smallest absolute Gasteiger partial charge is 0.240 e. The summed E-state index contributed by atoms with van der Waals surface area (Å²) >= 11 is 0. The van der Waals surface area contributed by atoms with Crippen molar-refractivity contribution in [1.82, 2.24) is 10.2 Å². The Morgan fingerprint density at radius 1 is 1.22 bits per heavy atom. The largest absolute Gasteiger partial charge is 0.323 e. The lowest BCUT2D eigenvalue weighted by Crippen LogP contribution is -2.44. The predicted octanol–water partition coefficient (Wildman–Crippen LogP) is 2.90. The lowest BCUT2D eigenvalue weighted by molar-refractivity contribution is -0.132. The summed E-state index contributed by atoms with van der Waals surface area (Å²) < 4.78 is 0. The molecule has 0 spiro atoms. The lowest BCUT2D eigenvalue weighted by atomic mass is 10.0. The highest BCUT2D eigenvalue weighted by atomic mass is 16.2. The Balaban J connectivity index is 2.05. The van der Waals surface area contributed by atoms with Gasteiger partial charge in [0.25, 0.3) is 0 Å². The number of hydrogen-bond donors (Lipinski definition) is 1. The molecular formula is C15H28N2O. The molecule has 2 aliphatic rings. The second kappa shape index (κ2) is 6.05. The van der Waals surface area contributed by atoms with E-state index in [2.05, 4.69) is 24.1 Å². The normalized spacial score (nSPS) is 37.9. The van der Waals surface area contributed by atoms with Gasteiger partial charge in [-0.2, -0.15) is 0 Å². The first-order valence-electron chi connectivity index (χ1n) is 7.71. The third-order valence-corrected chi connectivity index (χ3v) is 4.59. The van der Waals surface area contributed by atoms with Gasteiger partial charge in [0.1, 0.15) is 0 Å². The van der Waals surface area contributed by atoms with Crippen molar-refractivity contribution in [3.63, 3.8) is 0 Å². The van der Waals surface area contributed by atoms with E-state index in [-0.39, 0.29) is 12.2 Å². The summed E-state index contributed by atoms with van der Waals surface area (Å²) in [6, 6.07) is 0.499. The van der Waals surface area contributed by atoms with Crippen LogP contribution in [0.5, 0.6) is 0 Å². The van der Waals surface area contributed by atoms with Crippen molar-refractivity contribution in [3.05, 3.63) is 0 Å². The van der Waals surface area contributed by atoms with Crippen LogP contribution in [0.15, 0.2) is 0 Å². The van der Waals surface area contributed by atoms with Gasteiger partial charge < -0.3 is 4.90 Å². The van der Waals surface area contributed by atoms with E-state index in [0.29, 0.717) is 11.9 Å². The topological polar surface area (TPSA) is 32.3 Å². The molecule has 0 aromatic carbocycles. The van der Waals surface area contributed by atoms with Crippen LogP contribution in [0.25, 0.3) is 0 Å². The number of rotatable bonds is 3. The highest BCUT2D eigenvalue weighted by Crippen LogP contribution is 2.29. The summed E-state index contributed by atoms with van der Waals surface area (Å²) in [5, 5.41) is 3.46. The van der Waals surface area contributed by atoms with Crippen molar-refractivity contribution in [3.8, 4) is 0 Å². The van der Waals surface area contributed by atoms with Crippen molar-refractivity contribution in [2.24, 2.45) is 5.92 Å². The maximum atomic E-state index is 12.3. The number of hydrogen-bond acceptors (Lipinski definition) is 2. The second-order valence-corrected chi connectivity index (χ2v) is 6.21.